The Bertz CT molecular complexity index is 343. The standard InChI is InChI=1S/C9H8O4/c10-4-6-1-7(5-11)3-8(2-6)9(12)13/h1-4,11H,5H2,(H,12,13). The smallest absolute Gasteiger partial charge is 0.335 e. The molecule has 0 heterocycles. The number of benzene rings is 1. The van der Waals surface area contributed by atoms with Gasteiger partial charge in [-0.2, -0.15) is 0 Å². The van der Waals surface area contributed by atoms with Crippen LogP contribution in [-0.4, -0.2) is 22.5 Å². The number of aromatic carboxylic acids is 1. The molecule has 0 aliphatic heterocycles. The first-order valence-electron chi connectivity index (χ1n) is 3.60. The van der Waals surface area contributed by atoms with E-state index in [0.29, 0.717) is 11.8 Å². The van der Waals surface area contributed by atoms with Gasteiger partial charge in [-0.15, -0.1) is 0 Å². The molecule has 0 spiro atoms. The molecule has 4 heteroatoms. The number of aliphatic hydroxyl groups is 1. The van der Waals surface area contributed by atoms with Gasteiger partial charge in [0.2, 0.25) is 0 Å². The molecule has 4 nitrogen and oxygen atoms in total. The second kappa shape index (κ2) is 3.82. The third-order valence-electron chi connectivity index (χ3n) is 1.58. The van der Waals surface area contributed by atoms with Gasteiger partial charge in [-0.3, -0.25) is 4.79 Å². The number of carbonyl (C=O) groups is 2. The van der Waals surface area contributed by atoms with Crippen molar-refractivity contribution in [2.24, 2.45) is 0 Å². The highest BCUT2D eigenvalue weighted by Gasteiger charge is 2.05. The predicted octanol–water partition coefficient (Wildman–Crippen LogP) is 0.690. The van der Waals surface area contributed by atoms with Crippen molar-refractivity contribution in [3.05, 3.63) is 34.9 Å². The maximum Gasteiger partial charge on any atom is 0.335 e. The number of aliphatic hydroxyl groups excluding tert-OH is 1. The third kappa shape index (κ3) is 2.13. The van der Waals surface area contributed by atoms with E-state index in [-0.39, 0.29) is 17.7 Å². The molecule has 0 saturated heterocycles. The molecule has 1 aromatic rings. The molecule has 0 radical (unpaired) electrons. The minimum absolute atomic E-state index is 0.00801. The van der Waals surface area contributed by atoms with Gasteiger partial charge in [0.1, 0.15) is 6.29 Å². The zero-order chi connectivity index (χ0) is 9.84. The van der Waals surface area contributed by atoms with E-state index in [1.165, 1.54) is 18.2 Å². The molecule has 0 bridgehead atoms. The average Bonchev–Trinajstić information content (AvgIpc) is 2.16. The minimum atomic E-state index is -1.11. The zero-order valence-corrected chi connectivity index (χ0v) is 6.73. The van der Waals surface area contributed by atoms with Gasteiger partial charge in [-0.1, -0.05) is 0 Å². The van der Waals surface area contributed by atoms with Crippen molar-refractivity contribution >= 4 is 12.3 Å². The van der Waals surface area contributed by atoms with Crippen LogP contribution in [0, 0.1) is 0 Å². The Morgan fingerprint density at radius 2 is 2.08 bits per heavy atom. The summed E-state index contributed by atoms with van der Waals surface area (Å²) < 4.78 is 0. The van der Waals surface area contributed by atoms with Crippen LogP contribution < -0.4 is 0 Å². The Kier molecular flexibility index (Phi) is 2.76. The summed E-state index contributed by atoms with van der Waals surface area (Å²) in [5.41, 5.74) is 0.680. The van der Waals surface area contributed by atoms with E-state index < -0.39 is 5.97 Å². The van der Waals surface area contributed by atoms with E-state index in [0.717, 1.165) is 0 Å². The number of carboxylic acids is 1. The van der Waals surface area contributed by atoms with Crippen LogP contribution in [0.3, 0.4) is 0 Å². The summed E-state index contributed by atoms with van der Waals surface area (Å²) in [5.74, 6) is -1.11. The van der Waals surface area contributed by atoms with Crippen LogP contribution in [0.4, 0.5) is 0 Å². The van der Waals surface area contributed by atoms with Gasteiger partial charge in [0.05, 0.1) is 12.2 Å². The second-order valence-corrected chi connectivity index (χ2v) is 2.54. The van der Waals surface area contributed by atoms with E-state index in [4.69, 9.17) is 10.2 Å². The van der Waals surface area contributed by atoms with Gasteiger partial charge in [0.15, 0.2) is 0 Å². The molecule has 0 aromatic heterocycles. The van der Waals surface area contributed by atoms with E-state index in [1.807, 2.05) is 0 Å². The lowest BCUT2D eigenvalue weighted by molar-refractivity contribution is 0.0696. The summed E-state index contributed by atoms with van der Waals surface area (Å²) >= 11 is 0. The van der Waals surface area contributed by atoms with Crippen molar-refractivity contribution in [3.63, 3.8) is 0 Å². The van der Waals surface area contributed by atoms with E-state index >= 15 is 0 Å². The fourth-order valence-electron chi connectivity index (χ4n) is 1.00. The molecule has 1 aromatic carbocycles. The third-order valence-corrected chi connectivity index (χ3v) is 1.58. The van der Waals surface area contributed by atoms with Gasteiger partial charge in [0, 0.05) is 5.56 Å². The minimum Gasteiger partial charge on any atom is -0.478 e. The molecule has 13 heavy (non-hydrogen) atoms. The number of aldehydes is 1. The average molecular weight is 180 g/mol. The molecule has 0 unspecified atom stereocenters. The quantitative estimate of drug-likeness (QED) is 0.671. The summed E-state index contributed by atoms with van der Waals surface area (Å²) in [5, 5.41) is 17.4. The molecule has 0 saturated carbocycles. The number of hydrogen-bond acceptors (Lipinski definition) is 3. The van der Waals surface area contributed by atoms with E-state index in [1.54, 1.807) is 0 Å². The van der Waals surface area contributed by atoms with Crippen LogP contribution >= 0.6 is 0 Å². The van der Waals surface area contributed by atoms with Crippen molar-refractivity contribution in [3.8, 4) is 0 Å². The van der Waals surface area contributed by atoms with Gasteiger partial charge in [-0.25, -0.2) is 4.79 Å². The van der Waals surface area contributed by atoms with E-state index in [2.05, 4.69) is 0 Å². The molecule has 68 valence electrons. The van der Waals surface area contributed by atoms with Gasteiger partial charge in [-0.05, 0) is 23.8 Å². The van der Waals surface area contributed by atoms with Crippen molar-refractivity contribution in [2.75, 3.05) is 0 Å². The Labute approximate surface area is 74.4 Å². The SMILES string of the molecule is O=Cc1cc(CO)cc(C(=O)O)c1. The Morgan fingerprint density at radius 3 is 2.54 bits per heavy atom. The maximum atomic E-state index is 10.5. The summed E-state index contributed by atoms with van der Waals surface area (Å²) in [6.45, 7) is -0.276. The summed E-state index contributed by atoms with van der Waals surface area (Å²) in [4.78, 5) is 20.9. The Hall–Kier alpha value is -1.68. The lowest BCUT2D eigenvalue weighted by atomic mass is 10.1. The van der Waals surface area contributed by atoms with Crippen LogP contribution in [0.2, 0.25) is 0 Å². The lowest BCUT2D eigenvalue weighted by Crippen LogP contribution is -1.99. The summed E-state index contributed by atoms with van der Waals surface area (Å²) in [6.07, 6.45) is 0.547. The largest absolute Gasteiger partial charge is 0.478 e. The first-order valence-corrected chi connectivity index (χ1v) is 3.60. The predicted molar refractivity (Wildman–Crippen MR) is 44.7 cm³/mol. The Morgan fingerprint density at radius 1 is 1.38 bits per heavy atom. The van der Waals surface area contributed by atoms with Crippen LogP contribution in [0.5, 0.6) is 0 Å². The number of hydrogen-bond donors (Lipinski definition) is 2. The van der Waals surface area contributed by atoms with Crippen LogP contribution in [0.1, 0.15) is 26.3 Å². The van der Waals surface area contributed by atoms with Gasteiger partial charge >= 0.3 is 5.97 Å². The summed E-state index contributed by atoms with van der Waals surface area (Å²) in [7, 11) is 0. The highest BCUT2D eigenvalue weighted by Crippen LogP contribution is 2.09. The monoisotopic (exact) mass is 180 g/mol. The molecule has 0 aliphatic carbocycles. The van der Waals surface area contributed by atoms with Crippen molar-refractivity contribution in [1.82, 2.24) is 0 Å². The van der Waals surface area contributed by atoms with Crippen LogP contribution in [0.15, 0.2) is 18.2 Å². The highest BCUT2D eigenvalue weighted by atomic mass is 16.4. The first kappa shape index (κ1) is 9.41. The van der Waals surface area contributed by atoms with Gasteiger partial charge < -0.3 is 10.2 Å². The molecule has 0 fully saturated rings. The number of rotatable bonds is 3. The van der Waals surface area contributed by atoms with Gasteiger partial charge in [0.25, 0.3) is 0 Å². The summed E-state index contributed by atoms with van der Waals surface area (Å²) in [6, 6.07) is 4.03. The van der Waals surface area contributed by atoms with Crippen LogP contribution in [0.25, 0.3) is 0 Å². The fourth-order valence-corrected chi connectivity index (χ4v) is 1.00. The normalized spacial score (nSPS) is 9.62. The highest BCUT2D eigenvalue weighted by molar-refractivity contribution is 5.90. The molecule has 1 rings (SSSR count). The van der Waals surface area contributed by atoms with Crippen molar-refractivity contribution in [1.29, 1.82) is 0 Å². The number of carbonyl (C=O) groups excluding carboxylic acids is 1. The molecule has 0 atom stereocenters. The van der Waals surface area contributed by atoms with E-state index in [9.17, 15) is 9.59 Å². The molecule has 2 N–H and O–H groups in total. The van der Waals surface area contributed by atoms with Crippen molar-refractivity contribution < 1.29 is 19.8 Å². The molecular weight excluding hydrogens is 172 g/mol. The molecule has 0 amide bonds. The maximum absolute atomic E-state index is 10.5. The Balaban J connectivity index is 3.22. The first-order chi connectivity index (χ1) is 6.17. The lowest BCUT2D eigenvalue weighted by Gasteiger charge is -2.00. The fraction of sp³-hybridized carbons (Fsp3) is 0.111. The van der Waals surface area contributed by atoms with Crippen molar-refractivity contribution in [2.45, 2.75) is 6.61 Å². The molecular formula is C9H8O4. The molecule has 0 aliphatic rings. The van der Waals surface area contributed by atoms with Crippen LogP contribution in [-0.2, 0) is 6.61 Å². The topological polar surface area (TPSA) is 74.6 Å². The number of carboxylic acid groups (broad SMARTS) is 1. The second-order valence-electron chi connectivity index (χ2n) is 2.54. The zero-order valence-electron chi connectivity index (χ0n) is 6.73.